The Kier molecular flexibility index (Phi) is 6.26. The lowest BCUT2D eigenvalue weighted by Gasteiger charge is -2.16. The average molecular weight is 345 g/mol. The molecular formula is C18H19NO4S. The highest BCUT2D eigenvalue weighted by Gasteiger charge is 2.26. The van der Waals surface area contributed by atoms with E-state index in [0.717, 1.165) is 5.56 Å². The molecule has 2 aromatic rings. The van der Waals surface area contributed by atoms with Crippen molar-refractivity contribution in [2.24, 2.45) is 0 Å². The summed E-state index contributed by atoms with van der Waals surface area (Å²) < 4.78 is 4.90. The third kappa shape index (κ3) is 4.76. The lowest BCUT2D eigenvalue weighted by molar-refractivity contribution is -0.143. The number of ether oxygens (including phenoxy) is 1. The van der Waals surface area contributed by atoms with Gasteiger partial charge >= 0.3 is 5.97 Å². The van der Waals surface area contributed by atoms with E-state index in [1.165, 1.54) is 11.3 Å². The summed E-state index contributed by atoms with van der Waals surface area (Å²) in [5.41, 5.74) is 1.94. The third-order valence-electron chi connectivity index (χ3n) is 3.42. The molecule has 0 aliphatic carbocycles. The largest absolute Gasteiger partial charge is 0.466 e. The van der Waals surface area contributed by atoms with Gasteiger partial charge in [-0.25, -0.2) is 0 Å². The van der Waals surface area contributed by atoms with E-state index in [0.29, 0.717) is 11.1 Å². The number of carbonyl (C=O) groups is 3. The fraction of sp³-hybridized carbons (Fsp3) is 0.278. The molecule has 1 heterocycles. The van der Waals surface area contributed by atoms with Crippen molar-refractivity contribution >= 4 is 29.0 Å². The number of aryl methyl sites for hydroxylation is 1. The summed E-state index contributed by atoms with van der Waals surface area (Å²) in [7, 11) is 0. The number of Topliss-reactive ketones (excluding diaryl/α,β-unsaturated/α-hetero) is 1. The van der Waals surface area contributed by atoms with Crippen molar-refractivity contribution in [3.63, 3.8) is 0 Å². The molecule has 0 aliphatic heterocycles. The Morgan fingerprint density at radius 1 is 1.12 bits per heavy atom. The van der Waals surface area contributed by atoms with Crippen LogP contribution in [0.25, 0.3) is 0 Å². The Morgan fingerprint density at radius 3 is 2.42 bits per heavy atom. The Bertz CT molecular complexity index is 707. The fourth-order valence-electron chi connectivity index (χ4n) is 2.15. The monoisotopic (exact) mass is 345 g/mol. The maximum Gasteiger partial charge on any atom is 0.308 e. The van der Waals surface area contributed by atoms with Gasteiger partial charge in [0.25, 0.3) is 5.91 Å². The first-order valence-electron chi connectivity index (χ1n) is 7.60. The Balaban J connectivity index is 2.15. The first-order valence-corrected chi connectivity index (χ1v) is 8.55. The molecular weight excluding hydrogens is 326 g/mol. The average Bonchev–Trinajstić information content (AvgIpc) is 3.08. The number of thiophene rings is 1. The summed E-state index contributed by atoms with van der Waals surface area (Å²) in [6.45, 7) is 3.84. The second kappa shape index (κ2) is 8.40. The molecule has 1 aromatic heterocycles. The van der Waals surface area contributed by atoms with E-state index in [2.05, 4.69) is 5.32 Å². The van der Waals surface area contributed by atoms with Gasteiger partial charge < -0.3 is 10.1 Å². The van der Waals surface area contributed by atoms with Gasteiger partial charge in [0.05, 0.1) is 13.0 Å². The molecule has 6 heteroatoms. The molecule has 24 heavy (non-hydrogen) atoms. The van der Waals surface area contributed by atoms with Gasteiger partial charge in [-0.2, -0.15) is 11.3 Å². The zero-order valence-corrected chi connectivity index (χ0v) is 14.4. The molecule has 0 spiro atoms. The number of amides is 1. The molecule has 0 bridgehead atoms. The van der Waals surface area contributed by atoms with E-state index in [1.54, 1.807) is 35.9 Å². The van der Waals surface area contributed by atoms with Gasteiger partial charge in [0.15, 0.2) is 5.78 Å². The zero-order valence-electron chi connectivity index (χ0n) is 13.6. The van der Waals surface area contributed by atoms with Gasteiger partial charge in [0.1, 0.15) is 6.04 Å². The number of benzene rings is 1. The standard InChI is InChI=1S/C18H19NO4S/c1-3-23-16(20)10-15(17(21)14-8-9-24-11-14)19-18(22)13-6-4-12(2)5-7-13/h4-9,11,15H,3,10H2,1-2H3,(H,19,22). The molecule has 5 nitrogen and oxygen atoms in total. The maximum absolute atomic E-state index is 12.6. The Morgan fingerprint density at radius 2 is 1.83 bits per heavy atom. The summed E-state index contributed by atoms with van der Waals surface area (Å²) in [6.07, 6.45) is -0.194. The lowest BCUT2D eigenvalue weighted by Crippen LogP contribution is -2.42. The van der Waals surface area contributed by atoms with E-state index in [9.17, 15) is 14.4 Å². The Hall–Kier alpha value is -2.47. The van der Waals surface area contributed by atoms with Crippen LogP contribution < -0.4 is 5.32 Å². The molecule has 1 atom stereocenters. The van der Waals surface area contributed by atoms with Crippen LogP contribution in [-0.4, -0.2) is 30.3 Å². The van der Waals surface area contributed by atoms with E-state index in [-0.39, 0.29) is 18.8 Å². The van der Waals surface area contributed by atoms with E-state index in [4.69, 9.17) is 4.74 Å². The Labute approximate surface area is 144 Å². The van der Waals surface area contributed by atoms with E-state index in [1.807, 2.05) is 19.1 Å². The first kappa shape index (κ1) is 17.9. The SMILES string of the molecule is CCOC(=O)CC(NC(=O)c1ccc(C)cc1)C(=O)c1ccsc1. The van der Waals surface area contributed by atoms with Crippen LogP contribution >= 0.6 is 11.3 Å². The second-order valence-corrected chi connectivity index (χ2v) is 6.06. The number of nitrogens with one attached hydrogen (secondary N) is 1. The van der Waals surface area contributed by atoms with Gasteiger partial charge in [0, 0.05) is 16.5 Å². The minimum atomic E-state index is -0.951. The number of rotatable bonds is 7. The van der Waals surface area contributed by atoms with Crippen molar-refractivity contribution in [1.29, 1.82) is 0 Å². The van der Waals surface area contributed by atoms with Crippen molar-refractivity contribution in [3.8, 4) is 0 Å². The molecule has 1 unspecified atom stereocenters. The quantitative estimate of drug-likeness (QED) is 0.618. The van der Waals surface area contributed by atoms with Crippen LogP contribution in [0.3, 0.4) is 0 Å². The second-order valence-electron chi connectivity index (χ2n) is 5.28. The van der Waals surface area contributed by atoms with Crippen molar-refractivity contribution in [2.75, 3.05) is 6.61 Å². The molecule has 1 amide bonds. The van der Waals surface area contributed by atoms with Crippen LogP contribution in [0.2, 0.25) is 0 Å². The van der Waals surface area contributed by atoms with Crippen molar-refractivity contribution in [2.45, 2.75) is 26.3 Å². The molecule has 0 radical (unpaired) electrons. The summed E-state index contributed by atoms with van der Waals surface area (Å²) in [6, 6.07) is 7.71. The van der Waals surface area contributed by atoms with E-state index >= 15 is 0 Å². The van der Waals surface area contributed by atoms with Crippen LogP contribution in [0.5, 0.6) is 0 Å². The van der Waals surface area contributed by atoms with Gasteiger partial charge in [-0.3, -0.25) is 14.4 Å². The van der Waals surface area contributed by atoms with Crippen molar-refractivity contribution in [3.05, 3.63) is 57.8 Å². The molecule has 0 aliphatic rings. The van der Waals surface area contributed by atoms with E-state index < -0.39 is 17.9 Å². The minimum Gasteiger partial charge on any atom is -0.466 e. The number of hydrogen-bond donors (Lipinski definition) is 1. The predicted octanol–water partition coefficient (Wildman–Crippen LogP) is 2.99. The molecule has 0 fully saturated rings. The highest BCUT2D eigenvalue weighted by Crippen LogP contribution is 2.12. The topological polar surface area (TPSA) is 72.5 Å². The van der Waals surface area contributed by atoms with Crippen molar-refractivity contribution < 1.29 is 19.1 Å². The maximum atomic E-state index is 12.6. The molecule has 1 N–H and O–H groups in total. The highest BCUT2D eigenvalue weighted by molar-refractivity contribution is 7.08. The number of esters is 1. The first-order chi connectivity index (χ1) is 11.5. The van der Waals surface area contributed by atoms with Gasteiger partial charge in [0.2, 0.25) is 0 Å². The lowest BCUT2D eigenvalue weighted by atomic mass is 10.0. The normalized spacial score (nSPS) is 11.6. The molecule has 0 saturated carbocycles. The summed E-state index contributed by atoms with van der Waals surface area (Å²) in [4.78, 5) is 36.7. The van der Waals surface area contributed by atoms with Crippen LogP contribution in [0.1, 0.15) is 39.6 Å². The zero-order chi connectivity index (χ0) is 17.5. The third-order valence-corrected chi connectivity index (χ3v) is 4.10. The molecule has 1 aromatic carbocycles. The van der Waals surface area contributed by atoms with Crippen LogP contribution in [0, 0.1) is 6.92 Å². The van der Waals surface area contributed by atoms with Crippen molar-refractivity contribution in [1.82, 2.24) is 5.32 Å². The predicted molar refractivity (Wildman–Crippen MR) is 92.3 cm³/mol. The molecule has 126 valence electrons. The fourth-order valence-corrected chi connectivity index (χ4v) is 2.79. The number of hydrogen-bond acceptors (Lipinski definition) is 5. The van der Waals surface area contributed by atoms with Crippen LogP contribution in [0.4, 0.5) is 0 Å². The minimum absolute atomic E-state index is 0.194. The summed E-state index contributed by atoms with van der Waals surface area (Å²) in [5.74, 6) is -1.21. The summed E-state index contributed by atoms with van der Waals surface area (Å²) in [5, 5.41) is 6.11. The number of ketones is 1. The van der Waals surface area contributed by atoms with Gasteiger partial charge in [-0.05, 0) is 37.4 Å². The van der Waals surface area contributed by atoms with Gasteiger partial charge in [-0.15, -0.1) is 0 Å². The number of carbonyl (C=O) groups excluding carboxylic acids is 3. The van der Waals surface area contributed by atoms with Gasteiger partial charge in [-0.1, -0.05) is 17.7 Å². The summed E-state index contributed by atoms with van der Waals surface area (Å²) >= 11 is 1.38. The van der Waals surface area contributed by atoms with Crippen LogP contribution in [-0.2, 0) is 9.53 Å². The van der Waals surface area contributed by atoms with Crippen LogP contribution in [0.15, 0.2) is 41.1 Å². The molecule has 2 rings (SSSR count). The molecule has 0 saturated heterocycles. The smallest absolute Gasteiger partial charge is 0.308 e. The highest BCUT2D eigenvalue weighted by atomic mass is 32.1.